The van der Waals surface area contributed by atoms with Gasteiger partial charge in [-0.15, -0.1) is 11.3 Å². The van der Waals surface area contributed by atoms with Crippen LogP contribution < -0.4 is 0 Å². The fourth-order valence-corrected chi connectivity index (χ4v) is 3.66. The number of ketones is 1. The standard InChI is InChI=1S/C15H13N3OS/c1-9-5-15-16-12-6-10(14-3-2-4-20-14)7-13(19)11(12)8-18(15)17-9/h2-5,8,10H,6-7H2,1H3. The lowest BCUT2D eigenvalue weighted by Crippen LogP contribution is -2.20. The van der Waals surface area contributed by atoms with Crippen molar-refractivity contribution in [1.29, 1.82) is 0 Å². The molecular weight excluding hydrogens is 270 g/mol. The van der Waals surface area contributed by atoms with E-state index in [1.165, 1.54) is 4.88 Å². The van der Waals surface area contributed by atoms with Gasteiger partial charge in [0.15, 0.2) is 11.4 Å². The molecule has 1 atom stereocenters. The highest BCUT2D eigenvalue weighted by Crippen LogP contribution is 2.34. The second kappa shape index (κ2) is 4.24. The highest BCUT2D eigenvalue weighted by atomic mass is 32.1. The summed E-state index contributed by atoms with van der Waals surface area (Å²) in [7, 11) is 0. The first kappa shape index (κ1) is 11.8. The van der Waals surface area contributed by atoms with Gasteiger partial charge in [0.1, 0.15) is 0 Å². The predicted octanol–water partition coefficient (Wildman–Crippen LogP) is 3.01. The van der Waals surface area contributed by atoms with Gasteiger partial charge in [-0.25, -0.2) is 9.50 Å². The maximum atomic E-state index is 12.4. The van der Waals surface area contributed by atoms with Crippen molar-refractivity contribution in [1.82, 2.24) is 14.6 Å². The van der Waals surface area contributed by atoms with Crippen molar-refractivity contribution in [3.63, 3.8) is 0 Å². The minimum absolute atomic E-state index is 0.173. The number of carbonyl (C=O) groups excluding carboxylic acids is 1. The molecule has 4 nitrogen and oxygen atoms in total. The van der Waals surface area contributed by atoms with Gasteiger partial charge in [-0.1, -0.05) is 6.07 Å². The van der Waals surface area contributed by atoms with E-state index in [2.05, 4.69) is 21.5 Å². The van der Waals surface area contributed by atoms with Crippen LogP contribution in [0.4, 0.5) is 0 Å². The molecule has 20 heavy (non-hydrogen) atoms. The molecule has 0 bridgehead atoms. The summed E-state index contributed by atoms with van der Waals surface area (Å²) in [5.74, 6) is 0.446. The van der Waals surface area contributed by atoms with E-state index in [0.717, 1.165) is 29.0 Å². The molecule has 3 aromatic rings. The number of aryl methyl sites for hydroxylation is 1. The van der Waals surface area contributed by atoms with Crippen molar-refractivity contribution >= 4 is 22.8 Å². The minimum atomic E-state index is 0.173. The Kier molecular flexibility index (Phi) is 2.50. The van der Waals surface area contributed by atoms with Crippen molar-refractivity contribution in [2.45, 2.75) is 25.7 Å². The maximum Gasteiger partial charge on any atom is 0.166 e. The predicted molar refractivity (Wildman–Crippen MR) is 77.4 cm³/mol. The maximum absolute atomic E-state index is 12.4. The molecule has 0 fully saturated rings. The summed E-state index contributed by atoms with van der Waals surface area (Å²) in [5.41, 5.74) is 3.38. The number of hydrogen-bond donors (Lipinski definition) is 0. The van der Waals surface area contributed by atoms with E-state index in [4.69, 9.17) is 0 Å². The van der Waals surface area contributed by atoms with E-state index < -0.39 is 0 Å². The highest BCUT2D eigenvalue weighted by Gasteiger charge is 2.28. The molecule has 4 rings (SSSR count). The van der Waals surface area contributed by atoms with E-state index in [9.17, 15) is 4.79 Å². The molecule has 3 aromatic heterocycles. The first-order chi connectivity index (χ1) is 9.70. The third-order valence-corrected chi connectivity index (χ3v) is 4.80. The normalized spacial score (nSPS) is 18.4. The fraction of sp³-hybridized carbons (Fsp3) is 0.267. The van der Waals surface area contributed by atoms with E-state index in [0.29, 0.717) is 6.42 Å². The van der Waals surface area contributed by atoms with E-state index >= 15 is 0 Å². The molecule has 0 amide bonds. The molecule has 0 saturated heterocycles. The zero-order valence-corrected chi connectivity index (χ0v) is 11.9. The fourth-order valence-electron chi connectivity index (χ4n) is 2.83. The largest absolute Gasteiger partial charge is 0.294 e. The van der Waals surface area contributed by atoms with Crippen LogP contribution in [-0.2, 0) is 6.42 Å². The number of nitrogens with zero attached hydrogens (tertiary/aromatic N) is 3. The Morgan fingerprint density at radius 1 is 1.40 bits per heavy atom. The Hall–Kier alpha value is -2.01. The Bertz CT molecular complexity index is 804. The molecule has 0 aromatic carbocycles. The average Bonchev–Trinajstić information content (AvgIpc) is 3.04. The van der Waals surface area contributed by atoms with Gasteiger partial charge >= 0.3 is 0 Å². The van der Waals surface area contributed by atoms with Crippen molar-refractivity contribution in [2.75, 3.05) is 0 Å². The van der Waals surface area contributed by atoms with Crippen LogP contribution >= 0.6 is 11.3 Å². The number of thiophene rings is 1. The van der Waals surface area contributed by atoms with Crippen molar-refractivity contribution in [3.05, 3.63) is 51.6 Å². The summed E-state index contributed by atoms with van der Waals surface area (Å²) in [4.78, 5) is 18.3. The molecule has 0 aliphatic heterocycles. The third-order valence-electron chi connectivity index (χ3n) is 3.77. The van der Waals surface area contributed by atoms with Crippen LogP contribution in [0.15, 0.2) is 29.8 Å². The van der Waals surface area contributed by atoms with Crippen molar-refractivity contribution in [2.24, 2.45) is 0 Å². The summed E-state index contributed by atoms with van der Waals surface area (Å²) in [5, 5.41) is 6.39. The zero-order valence-electron chi connectivity index (χ0n) is 11.0. The second-order valence-corrected chi connectivity index (χ2v) is 6.21. The van der Waals surface area contributed by atoms with Crippen LogP contribution in [0, 0.1) is 6.92 Å². The summed E-state index contributed by atoms with van der Waals surface area (Å²) in [6, 6.07) is 6.09. The van der Waals surface area contributed by atoms with E-state index in [1.807, 2.05) is 25.3 Å². The summed E-state index contributed by atoms with van der Waals surface area (Å²) >= 11 is 1.72. The molecule has 0 N–H and O–H groups in total. The van der Waals surface area contributed by atoms with Gasteiger partial charge < -0.3 is 0 Å². The minimum Gasteiger partial charge on any atom is -0.294 e. The van der Waals surface area contributed by atoms with E-state index in [-0.39, 0.29) is 11.7 Å². The summed E-state index contributed by atoms with van der Waals surface area (Å²) in [6.45, 7) is 1.93. The molecule has 100 valence electrons. The monoisotopic (exact) mass is 283 g/mol. The Morgan fingerprint density at radius 3 is 3.10 bits per heavy atom. The Morgan fingerprint density at radius 2 is 2.30 bits per heavy atom. The molecule has 1 aliphatic carbocycles. The SMILES string of the molecule is Cc1cc2nc3c(cn2n1)C(=O)CC(c1cccs1)C3. The number of fused-ring (bicyclic) bond motifs is 2. The van der Waals surface area contributed by atoms with Crippen LogP contribution in [0.25, 0.3) is 5.65 Å². The lowest BCUT2D eigenvalue weighted by atomic mass is 9.85. The van der Waals surface area contributed by atoms with Crippen LogP contribution in [0.5, 0.6) is 0 Å². The second-order valence-electron chi connectivity index (χ2n) is 5.23. The van der Waals surface area contributed by atoms with Crippen LogP contribution in [0.1, 0.15) is 39.0 Å². The molecular formula is C15H13N3OS. The molecule has 0 radical (unpaired) electrons. The zero-order chi connectivity index (χ0) is 13.7. The van der Waals surface area contributed by atoms with E-state index in [1.54, 1.807) is 15.9 Å². The summed E-state index contributed by atoms with van der Waals surface area (Å²) < 4.78 is 1.71. The molecule has 1 unspecified atom stereocenters. The van der Waals surface area contributed by atoms with Crippen LogP contribution in [0.3, 0.4) is 0 Å². The Labute approximate surface area is 120 Å². The number of aromatic nitrogens is 3. The average molecular weight is 283 g/mol. The third kappa shape index (κ3) is 1.78. The van der Waals surface area contributed by atoms with Crippen molar-refractivity contribution < 1.29 is 4.79 Å². The van der Waals surface area contributed by atoms with Gasteiger partial charge in [-0.3, -0.25) is 4.79 Å². The lowest BCUT2D eigenvalue weighted by molar-refractivity contribution is 0.0963. The highest BCUT2D eigenvalue weighted by molar-refractivity contribution is 7.10. The number of rotatable bonds is 1. The number of carbonyl (C=O) groups is 1. The molecule has 0 spiro atoms. The van der Waals surface area contributed by atoms with Gasteiger partial charge in [0.05, 0.1) is 17.0 Å². The summed E-state index contributed by atoms with van der Waals surface area (Å²) in [6.07, 6.45) is 3.24. The topological polar surface area (TPSA) is 47.3 Å². The van der Waals surface area contributed by atoms with Gasteiger partial charge in [0.2, 0.25) is 0 Å². The Balaban J connectivity index is 1.82. The molecule has 5 heteroatoms. The van der Waals surface area contributed by atoms with Gasteiger partial charge in [-0.2, -0.15) is 5.10 Å². The molecule has 3 heterocycles. The van der Waals surface area contributed by atoms with Crippen LogP contribution in [-0.4, -0.2) is 20.4 Å². The van der Waals surface area contributed by atoms with Crippen LogP contribution in [0.2, 0.25) is 0 Å². The van der Waals surface area contributed by atoms with Gasteiger partial charge in [-0.05, 0) is 24.8 Å². The first-order valence-corrected chi connectivity index (χ1v) is 7.51. The lowest BCUT2D eigenvalue weighted by Gasteiger charge is -2.21. The van der Waals surface area contributed by atoms with Crippen molar-refractivity contribution in [3.8, 4) is 0 Å². The number of Topliss-reactive ketones (excluding diaryl/α,β-unsaturated/α-hetero) is 1. The quantitative estimate of drug-likeness (QED) is 0.689. The first-order valence-electron chi connectivity index (χ1n) is 6.63. The van der Waals surface area contributed by atoms with Gasteiger partial charge in [0.25, 0.3) is 0 Å². The van der Waals surface area contributed by atoms with Gasteiger partial charge in [0, 0.05) is 29.5 Å². The number of hydrogen-bond acceptors (Lipinski definition) is 4. The molecule has 0 saturated carbocycles. The smallest absolute Gasteiger partial charge is 0.166 e. The molecule has 1 aliphatic rings.